The van der Waals surface area contributed by atoms with E-state index >= 15 is 0 Å². The molecule has 5 nitrogen and oxygen atoms in total. The zero-order chi connectivity index (χ0) is 13.4. The van der Waals surface area contributed by atoms with Crippen molar-refractivity contribution in [2.75, 3.05) is 25.1 Å². The van der Waals surface area contributed by atoms with Gasteiger partial charge in [-0.3, -0.25) is 4.79 Å². The van der Waals surface area contributed by atoms with Crippen LogP contribution in [0.25, 0.3) is 0 Å². The van der Waals surface area contributed by atoms with Crippen LogP contribution in [-0.2, 0) is 14.6 Å². The van der Waals surface area contributed by atoms with Crippen LogP contribution in [0.4, 0.5) is 0 Å². The Labute approximate surface area is 109 Å². The van der Waals surface area contributed by atoms with E-state index in [0.717, 1.165) is 32.4 Å². The van der Waals surface area contributed by atoms with Crippen molar-refractivity contribution >= 4 is 15.7 Å². The van der Waals surface area contributed by atoms with E-state index in [9.17, 15) is 13.2 Å². The molecule has 2 rings (SSSR count). The van der Waals surface area contributed by atoms with Gasteiger partial charge in [0.25, 0.3) is 0 Å². The molecule has 1 saturated carbocycles. The highest BCUT2D eigenvalue weighted by Gasteiger charge is 2.57. The maximum Gasteiger partial charge on any atom is 0.223 e. The molecule has 1 saturated heterocycles. The molecule has 0 aromatic heterocycles. The number of sulfone groups is 1. The Morgan fingerprint density at radius 2 is 2.06 bits per heavy atom. The summed E-state index contributed by atoms with van der Waals surface area (Å²) in [6.07, 6.45) is 4.28. The van der Waals surface area contributed by atoms with Crippen LogP contribution in [0.5, 0.6) is 0 Å². The van der Waals surface area contributed by atoms with Gasteiger partial charge in [-0.2, -0.15) is 0 Å². The highest BCUT2D eigenvalue weighted by atomic mass is 32.2. The fourth-order valence-electron chi connectivity index (χ4n) is 3.03. The molecule has 2 N–H and O–H groups in total. The molecule has 2 unspecified atom stereocenters. The van der Waals surface area contributed by atoms with Crippen molar-refractivity contribution in [2.45, 2.75) is 32.2 Å². The van der Waals surface area contributed by atoms with Crippen LogP contribution in [0.3, 0.4) is 0 Å². The lowest BCUT2D eigenvalue weighted by Gasteiger charge is -2.23. The van der Waals surface area contributed by atoms with E-state index in [2.05, 4.69) is 10.6 Å². The average Bonchev–Trinajstić information content (AvgIpc) is 2.90. The molecule has 1 aliphatic carbocycles. The summed E-state index contributed by atoms with van der Waals surface area (Å²) in [5.74, 6) is 0.148. The molecule has 1 amide bonds. The van der Waals surface area contributed by atoms with E-state index in [1.165, 1.54) is 6.26 Å². The van der Waals surface area contributed by atoms with Crippen LogP contribution >= 0.6 is 0 Å². The van der Waals surface area contributed by atoms with Crippen LogP contribution in [0.2, 0.25) is 0 Å². The fraction of sp³-hybridized carbons (Fsp3) is 0.917. The second-order valence-corrected chi connectivity index (χ2v) is 8.06. The van der Waals surface area contributed by atoms with Gasteiger partial charge in [0.05, 0.1) is 5.75 Å². The lowest BCUT2D eigenvalue weighted by molar-refractivity contribution is -0.123. The highest BCUT2D eigenvalue weighted by molar-refractivity contribution is 7.90. The van der Waals surface area contributed by atoms with Gasteiger partial charge in [0.1, 0.15) is 9.84 Å². The number of nitrogens with one attached hydrogen (secondary N) is 2. The minimum Gasteiger partial charge on any atom is -0.352 e. The first-order valence-corrected chi connectivity index (χ1v) is 8.57. The number of carbonyl (C=O) groups excluding carboxylic acids is 1. The Morgan fingerprint density at radius 1 is 1.44 bits per heavy atom. The summed E-state index contributed by atoms with van der Waals surface area (Å²) in [5.41, 5.74) is 0.208. The molecule has 104 valence electrons. The predicted molar refractivity (Wildman–Crippen MR) is 70.0 cm³/mol. The summed E-state index contributed by atoms with van der Waals surface area (Å²) < 4.78 is 22.3. The zero-order valence-corrected chi connectivity index (χ0v) is 11.8. The Morgan fingerprint density at radius 3 is 2.61 bits per heavy atom. The molecule has 0 aromatic rings. The number of amides is 1. The van der Waals surface area contributed by atoms with Gasteiger partial charge in [-0.1, -0.05) is 0 Å². The minimum absolute atomic E-state index is 0.0139. The normalized spacial score (nSPS) is 27.8. The summed E-state index contributed by atoms with van der Waals surface area (Å²) >= 11 is 0. The quantitative estimate of drug-likeness (QED) is 0.752. The van der Waals surface area contributed by atoms with E-state index < -0.39 is 9.84 Å². The zero-order valence-electron chi connectivity index (χ0n) is 11.0. The summed E-state index contributed by atoms with van der Waals surface area (Å²) in [6.45, 7) is 3.72. The van der Waals surface area contributed by atoms with Crippen molar-refractivity contribution in [3.63, 3.8) is 0 Å². The summed E-state index contributed by atoms with van der Waals surface area (Å²) in [5, 5.41) is 6.13. The Balaban J connectivity index is 1.83. The molecule has 0 radical (unpaired) electrons. The lowest BCUT2D eigenvalue weighted by Crippen LogP contribution is -2.40. The minimum atomic E-state index is -3.03. The maximum atomic E-state index is 12.0. The van der Waals surface area contributed by atoms with Gasteiger partial charge < -0.3 is 10.6 Å². The van der Waals surface area contributed by atoms with Gasteiger partial charge in [-0.05, 0) is 44.7 Å². The molecule has 6 heteroatoms. The number of hydrogen-bond acceptors (Lipinski definition) is 4. The number of carbonyl (C=O) groups is 1. The van der Waals surface area contributed by atoms with Crippen molar-refractivity contribution < 1.29 is 13.2 Å². The first-order valence-electron chi connectivity index (χ1n) is 6.51. The van der Waals surface area contributed by atoms with Crippen LogP contribution in [-0.4, -0.2) is 45.5 Å². The van der Waals surface area contributed by atoms with Crippen LogP contribution < -0.4 is 10.6 Å². The largest absolute Gasteiger partial charge is 0.352 e. The molecule has 2 atom stereocenters. The molecule has 1 spiro atoms. The molecule has 18 heavy (non-hydrogen) atoms. The first kappa shape index (κ1) is 13.8. The van der Waals surface area contributed by atoms with Crippen molar-refractivity contribution in [1.29, 1.82) is 0 Å². The van der Waals surface area contributed by atoms with Crippen molar-refractivity contribution in [2.24, 2.45) is 11.3 Å². The van der Waals surface area contributed by atoms with Crippen LogP contribution in [0.15, 0.2) is 0 Å². The molecule has 1 aliphatic heterocycles. The molecule has 1 heterocycles. The summed E-state index contributed by atoms with van der Waals surface area (Å²) in [4.78, 5) is 12.0. The highest BCUT2D eigenvalue weighted by Crippen LogP contribution is 2.58. The van der Waals surface area contributed by atoms with Crippen molar-refractivity contribution in [1.82, 2.24) is 10.6 Å². The molecule has 0 bridgehead atoms. The van der Waals surface area contributed by atoms with Gasteiger partial charge in [-0.25, -0.2) is 8.42 Å². The van der Waals surface area contributed by atoms with Crippen LogP contribution in [0.1, 0.15) is 26.2 Å². The molecular weight excluding hydrogens is 252 g/mol. The number of rotatable bonds is 4. The van der Waals surface area contributed by atoms with Gasteiger partial charge >= 0.3 is 0 Å². The second kappa shape index (κ2) is 4.81. The number of piperidine rings is 1. The molecule has 0 aromatic carbocycles. The van der Waals surface area contributed by atoms with Gasteiger partial charge in [0, 0.05) is 18.2 Å². The van der Waals surface area contributed by atoms with Crippen molar-refractivity contribution in [3.8, 4) is 0 Å². The Hall–Kier alpha value is -0.620. The van der Waals surface area contributed by atoms with Crippen LogP contribution in [0, 0.1) is 11.3 Å². The third-order valence-electron chi connectivity index (χ3n) is 4.05. The standard InChI is InChI=1S/C12H22N2O3S/c1-9(8-18(2,16)17)14-11(15)10-7-12(10)3-5-13-6-4-12/h9-10,13H,3-8H2,1-2H3,(H,14,15). The first-order chi connectivity index (χ1) is 8.32. The van der Waals surface area contributed by atoms with E-state index in [1.54, 1.807) is 6.92 Å². The van der Waals surface area contributed by atoms with Gasteiger partial charge in [0.15, 0.2) is 0 Å². The third-order valence-corrected chi connectivity index (χ3v) is 5.15. The van der Waals surface area contributed by atoms with E-state index in [1.807, 2.05) is 0 Å². The van der Waals surface area contributed by atoms with E-state index in [-0.39, 0.29) is 29.0 Å². The van der Waals surface area contributed by atoms with Crippen molar-refractivity contribution in [3.05, 3.63) is 0 Å². The topological polar surface area (TPSA) is 75.3 Å². The average molecular weight is 274 g/mol. The SMILES string of the molecule is CC(CS(C)(=O)=O)NC(=O)C1CC12CCNCC2. The van der Waals surface area contributed by atoms with Gasteiger partial charge in [-0.15, -0.1) is 0 Å². The monoisotopic (exact) mass is 274 g/mol. The second-order valence-electron chi connectivity index (χ2n) is 5.87. The van der Waals surface area contributed by atoms with E-state index in [4.69, 9.17) is 0 Å². The summed E-state index contributed by atoms with van der Waals surface area (Å²) in [6, 6.07) is -0.299. The summed E-state index contributed by atoms with van der Waals surface area (Å²) in [7, 11) is -3.03. The number of hydrogen-bond donors (Lipinski definition) is 2. The van der Waals surface area contributed by atoms with Gasteiger partial charge in [0.2, 0.25) is 5.91 Å². The Kier molecular flexibility index (Phi) is 3.69. The molecular formula is C12H22N2O3S. The third kappa shape index (κ3) is 3.23. The molecule has 2 aliphatic rings. The lowest BCUT2D eigenvalue weighted by atomic mass is 9.91. The predicted octanol–water partition coefficient (Wildman–Crippen LogP) is -0.0746. The molecule has 2 fully saturated rings. The fourth-order valence-corrected chi connectivity index (χ4v) is 4.03. The smallest absolute Gasteiger partial charge is 0.223 e. The Bertz CT molecular complexity index is 427. The van der Waals surface area contributed by atoms with E-state index in [0.29, 0.717) is 0 Å². The maximum absolute atomic E-state index is 12.0.